The largest absolute Gasteiger partial charge is 0.384 e. The average Bonchev–Trinajstić information content (AvgIpc) is 2.54. The Bertz CT molecular complexity index is 566. The van der Waals surface area contributed by atoms with Gasteiger partial charge >= 0.3 is 0 Å². The molecule has 1 aromatic heterocycles. The van der Waals surface area contributed by atoms with Crippen LogP contribution in [0.25, 0.3) is 0 Å². The molecule has 2 rings (SSSR count). The lowest BCUT2D eigenvalue weighted by Gasteiger charge is -2.14. The summed E-state index contributed by atoms with van der Waals surface area (Å²) < 4.78 is 0. The van der Waals surface area contributed by atoms with E-state index < -0.39 is 0 Å². The molecule has 0 saturated carbocycles. The molecule has 0 aliphatic heterocycles. The Labute approximate surface area is 125 Å². The van der Waals surface area contributed by atoms with E-state index in [1.165, 1.54) is 0 Å². The van der Waals surface area contributed by atoms with Crippen LogP contribution in [0.2, 0.25) is 0 Å². The van der Waals surface area contributed by atoms with Gasteiger partial charge in [-0.05, 0) is 31.0 Å². The first-order chi connectivity index (χ1) is 10.2. The summed E-state index contributed by atoms with van der Waals surface area (Å²) in [7, 11) is 0. The predicted molar refractivity (Wildman–Crippen MR) is 85.3 cm³/mol. The molecule has 110 valence electrons. The van der Waals surface area contributed by atoms with Crippen LogP contribution in [-0.2, 0) is 0 Å². The molecule has 0 spiro atoms. The van der Waals surface area contributed by atoms with Gasteiger partial charge in [-0.2, -0.15) is 0 Å². The van der Waals surface area contributed by atoms with Crippen LogP contribution in [-0.4, -0.2) is 17.4 Å². The minimum absolute atomic E-state index is 0.0432. The number of hydrogen-bond donors (Lipinski definition) is 2. The Kier molecular flexibility index (Phi) is 5.32. The van der Waals surface area contributed by atoms with Crippen molar-refractivity contribution in [1.82, 2.24) is 10.3 Å². The number of hydrogen-bond acceptors (Lipinski definition) is 3. The zero-order valence-electron chi connectivity index (χ0n) is 12.5. The molecule has 2 N–H and O–H groups in total. The molecule has 0 aliphatic carbocycles. The maximum Gasteiger partial charge on any atom is 0.270 e. The molecule has 1 amide bonds. The molecule has 1 unspecified atom stereocenters. The summed E-state index contributed by atoms with van der Waals surface area (Å²) in [6.07, 6.45) is 2.74. The molecule has 1 heterocycles. The van der Waals surface area contributed by atoms with Crippen molar-refractivity contribution < 1.29 is 4.79 Å². The van der Waals surface area contributed by atoms with E-state index in [4.69, 9.17) is 0 Å². The maximum absolute atomic E-state index is 12.2. The van der Waals surface area contributed by atoms with E-state index in [0.717, 1.165) is 24.2 Å². The highest BCUT2D eigenvalue weighted by molar-refractivity contribution is 5.92. The molecule has 0 aliphatic rings. The van der Waals surface area contributed by atoms with E-state index in [-0.39, 0.29) is 11.9 Å². The fourth-order valence-electron chi connectivity index (χ4n) is 2.00. The average molecular weight is 283 g/mol. The number of aromatic nitrogens is 1. The highest BCUT2D eigenvalue weighted by Gasteiger charge is 2.12. The van der Waals surface area contributed by atoms with Gasteiger partial charge < -0.3 is 10.6 Å². The zero-order valence-corrected chi connectivity index (χ0v) is 12.5. The standard InChI is InChI=1S/C17H21N3O/c1-3-11-18-15-9-10-16(19-12-15)17(21)20-13(2)14-7-5-4-6-8-14/h4-10,12-13,18H,3,11H2,1-2H3,(H,20,21). The lowest BCUT2D eigenvalue weighted by Crippen LogP contribution is -2.27. The molecule has 1 atom stereocenters. The molecule has 0 radical (unpaired) electrons. The van der Waals surface area contributed by atoms with E-state index in [2.05, 4.69) is 22.5 Å². The quantitative estimate of drug-likeness (QED) is 0.854. The topological polar surface area (TPSA) is 54.0 Å². The predicted octanol–water partition coefficient (Wildman–Crippen LogP) is 3.39. The number of nitrogens with zero attached hydrogens (tertiary/aromatic N) is 1. The fourth-order valence-corrected chi connectivity index (χ4v) is 2.00. The number of nitrogens with one attached hydrogen (secondary N) is 2. The summed E-state index contributed by atoms with van der Waals surface area (Å²) in [5.41, 5.74) is 2.44. The van der Waals surface area contributed by atoms with Crippen molar-refractivity contribution in [1.29, 1.82) is 0 Å². The molecule has 21 heavy (non-hydrogen) atoms. The summed E-state index contributed by atoms with van der Waals surface area (Å²) in [6, 6.07) is 13.5. The Balaban J connectivity index is 1.97. The van der Waals surface area contributed by atoms with Crippen molar-refractivity contribution in [3.63, 3.8) is 0 Å². The summed E-state index contributed by atoms with van der Waals surface area (Å²) >= 11 is 0. The van der Waals surface area contributed by atoms with Gasteiger partial charge in [0.2, 0.25) is 0 Å². The lowest BCUT2D eigenvalue weighted by molar-refractivity contribution is 0.0935. The number of amides is 1. The van der Waals surface area contributed by atoms with Gasteiger partial charge in [-0.1, -0.05) is 37.3 Å². The van der Waals surface area contributed by atoms with Crippen molar-refractivity contribution in [3.05, 3.63) is 59.9 Å². The summed E-state index contributed by atoms with van der Waals surface area (Å²) in [6.45, 7) is 4.97. The van der Waals surface area contributed by atoms with Crippen LogP contribution in [0, 0.1) is 0 Å². The molecule has 4 nitrogen and oxygen atoms in total. The minimum atomic E-state index is -0.159. The number of pyridine rings is 1. The summed E-state index contributed by atoms with van der Waals surface area (Å²) in [5.74, 6) is -0.159. The molecule has 4 heteroatoms. The van der Waals surface area contributed by atoms with Gasteiger partial charge in [-0.25, -0.2) is 4.98 Å². The van der Waals surface area contributed by atoms with E-state index in [1.807, 2.05) is 43.3 Å². The second kappa shape index (κ2) is 7.43. The van der Waals surface area contributed by atoms with Crippen molar-refractivity contribution >= 4 is 11.6 Å². The Morgan fingerprint density at radius 1 is 1.19 bits per heavy atom. The van der Waals surface area contributed by atoms with Gasteiger partial charge in [0.15, 0.2) is 0 Å². The van der Waals surface area contributed by atoms with E-state index in [0.29, 0.717) is 5.69 Å². The van der Waals surface area contributed by atoms with Crippen molar-refractivity contribution in [3.8, 4) is 0 Å². The Hall–Kier alpha value is -2.36. The van der Waals surface area contributed by atoms with Gasteiger partial charge in [0, 0.05) is 6.54 Å². The van der Waals surface area contributed by atoms with E-state index in [9.17, 15) is 4.79 Å². The van der Waals surface area contributed by atoms with Crippen molar-refractivity contribution in [2.75, 3.05) is 11.9 Å². The van der Waals surface area contributed by atoms with Crippen LogP contribution >= 0.6 is 0 Å². The highest BCUT2D eigenvalue weighted by atomic mass is 16.1. The molecule has 0 fully saturated rings. The zero-order chi connectivity index (χ0) is 15.1. The number of benzene rings is 1. The maximum atomic E-state index is 12.2. The number of carbonyl (C=O) groups is 1. The lowest BCUT2D eigenvalue weighted by atomic mass is 10.1. The molecule has 0 bridgehead atoms. The smallest absolute Gasteiger partial charge is 0.270 e. The molecule has 1 aromatic carbocycles. The van der Waals surface area contributed by atoms with Crippen LogP contribution in [0.5, 0.6) is 0 Å². The molecule has 2 aromatic rings. The van der Waals surface area contributed by atoms with Crippen LogP contribution in [0.4, 0.5) is 5.69 Å². The monoisotopic (exact) mass is 283 g/mol. The third-order valence-corrected chi connectivity index (χ3v) is 3.22. The molecule has 0 saturated heterocycles. The van der Waals surface area contributed by atoms with Gasteiger partial charge in [0.25, 0.3) is 5.91 Å². The Morgan fingerprint density at radius 3 is 2.57 bits per heavy atom. The van der Waals surface area contributed by atoms with Crippen molar-refractivity contribution in [2.24, 2.45) is 0 Å². The second-order valence-electron chi connectivity index (χ2n) is 4.96. The van der Waals surface area contributed by atoms with Crippen LogP contribution < -0.4 is 10.6 Å². The van der Waals surface area contributed by atoms with Gasteiger partial charge in [0.05, 0.1) is 17.9 Å². The first-order valence-corrected chi connectivity index (χ1v) is 7.26. The third kappa shape index (κ3) is 4.31. The molecular formula is C17H21N3O. The fraction of sp³-hybridized carbons (Fsp3) is 0.294. The summed E-state index contributed by atoms with van der Waals surface area (Å²) in [4.78, 5) is 16.4. The number of carbonyl (C=O) groups excluding carboxylic acids is 1. The van der Waals surface area contributed by atoms with E-state index >= 15 is 0 Å². The molecular weight excluding hydrogens is 262 g/mol. The first-order valence-electron chi connectivity index (χ1n) is 7.26. The summed E-state index contributed by atoms with van der Waals surface area (Å²) in [5, 5.41) is 6.19. The third-order valence-electron chi connectivity index (χ3n) is 3.22. The first kappa shape index (κ1) is 15.0. The SMILES string of the molecule is CCCNc1ccc(C(=O)NC(C)c2ccccc2)nc1. The van der Waals surface area contributed by atoms with Crippen molar-refractivity contribution in [2.45, 2.75) is 26.3 Å². The highest BCUT2D eigenvalue weighted by Crippen LogP contribution is 2.12. The second-order valence-corrected chi connectivity index (χ2v) is 4.96. The number of rotatable bonds is 6. The van der Waals surface area contributed by atoms with Gasteiger partial charge in [-0.15, -0.1) is 0 Å². The van der Waals surface area contributed by atoms with Crippen LogP contribution in [0.1, 0.15) is 42.4 Å². The number of anilines is 1. The van der Waals surface area contributed by atoms with Gasteiger partial charge in [0.1, 0.15) is 5.69 Å². The van der Waals surface area contributed by atoms with E-state index in [1.54, 1.807) is 12.3 Å². The minimum Gasteiger partial charge on any atom is -0.384 e. The Morgan fingerprint density at radius 2 is 1.95 bits per heavy atom. The van der Waals surface area contributed by atoms with Crippen LogP contribution in [0.15, 0.2) is 48.7 Å². The van der Waals surface area contributed by atoms with Crippen LogP contribution in [0.3, 0.4) is 0 Å². The van der Waals surface area contributed by atoms with Gasteiger partial charge in [-0.3, -0.25) is 4.79 Å². The normalized spacial score (nSPS) is 11.7.